The second kappa shape index (κ2) is 6.48. The smallest absolute Gasteiger partial charge is 0.0986 e. The number of allylic oxidation sites excluding steroid dienone is 2. The summed E-state index contributed by atoms with van der Waals surface area (Å²) in [7, 11) is 2.12. The third-order valence-corrected chi connectivity index (χ3v) is 3.97. The zero-order valence-electron chi connectivity index (χ0n) is 13.9. The Morgan fingerprint density at radius 3 is 2.48 bits per heavy atom. The van der Waals surface area contributed by atoms with Crippen LogP contribution in [-0.2, 0) is 6.42 Å². The van der Waals surface area contributed by atoms with Gasteiger partial charge in [-0.25, -0.2) is 0 Å². The average molecular weight is 284 g/mol. The Morgan fingerprint density at radius 2 is 1.86 bits per heavy atom. The van der Waals surface area contributed by atoms with Gasteiger partial charge >= 0.3 is 0 Å². The Labute approximate surface area is 129 Å². The summed E-state index contributed by atoms with van der Waals surface area (Å²) >= 11 is 0. The average Bonchev–Trinajstić information content (AvgIpc) is 2.41. The molecule has 1 N–H and O–H groups in total. The standard InChI is InChI=1S/C19H28N2/c1-15(13-16-9-7-6-8-10-16)20-18-14-17(19(2,3)4)11-12-21(18)5/h6-12,14-15,18,20H,13H2,1-5H3/t15-,18?/m1/s1. The Bertz CT molecular complexity index is 508. The van der Waals surface area contributed by atoms with Gasteiger partial charge in [0.25, 0.3) is 0 Å². The van der Waals surface area contributed by atoms with Gasteiger partial charge in [0, 0.05) is 19.3 Å². The van der Waals surface area contributed by atoms with E-state index in [4.69, 9.17) is 0 Å². The van der Waals surface area contributed by atoms with Crippen LogP contribution in [0, 0.1) is 5.41 Å². The lowest BCUT2D eigenvalue weighted by molar-refractivity contribution is 0.292. The van der Waals surface area contributed by atoms with Crippen LogP contribution in [0.2, 0.25) is 0 Å². The number of benzene rings is 1. The Morgan fingerprint density at radius 1 is 1.19 bits per heavy atom. The predicted molar refractivity (Wildman–Crippen MR) is 91.0 cm³/mol. The van der Waals surface area contributed by atoms with E-state index in [1.54, 1.807) is 0 Å². The van der Waals surface area contributed by atoms with Gasteiger partial charge in [-0.05, 0) is 42.0 Å². The number of hydrogen-bond acceptors (Lipinski definition) is 2. The van der Waals surface area contributed by atoms with Crippen molar-refractivity contribution in [3.05, 3.63) is 59.8 Å². The molecular weight excluding hydrogens is 256 g/mol. The van der Waals surface area contributed by atoms with Crippen LogP contribution >= 0.6 is 0 Å². The van der Waals surface area contributed by atoms with Crippen molar-refractivity contribution in [1.29, 1.82) is 0 Å². The van der Waals surface area contributed by atoms with Gasteiger partial charge in [-0.2, -0.15) is 0 Å². The predicted octanol–water partition coefficient (Wildman–Crippen LogP) is 3.96. The summed E-state index contributed by atoms with van der Waals surface area (Å²) in [4.78, 5) is 2.23. The molecule has 2 nitrogen and oxygen atoms in total. The van der Waals surface area contributed by atoms with Crippen molar-refractivity contribution in [2.75, 3.05) is 7.05 Å². The molecule has 0 saturated carbocycles. The highest BCUT2D eigenvalue weighted by Crippen LogP contribution is 2.29. The molecule has 0 amide bonds. The van der Waals surface area contributed by atoms with Crippen LogP contribution in [0.4, 0.5) is 0 Å². The highest BCUT2D eigenvalue weighted by Gasteiger charge is 2.22. The third kappa shape index (κ3) is 4.47. The first-order valence-electron chi connectivity index (χ1n) is 7.78. The number of likely N-dealkylation sites (N-methyl/N-ethyl adjacent to an activating group) is 1. The van der Waals surface area contributed by atoms with Gasteiger partial charge in [0.1, 0.15) is 0 Å². The number of rotatable bonds is 4. The van der Waals surface area contributed by atoms with Crippen molar-refractivity contribution < 1.29 is 0 Å². The van der Waals surface area contributed by atoms with Crippen molar-refractivity contribution >= 4 is 0 Å². The largest absolute Gasteiger partial charge is 0.362 e. The van der Waals surface area contributed by atoms with E-state index in [-0.39, 0.29) is 11.6 Å². The summed E-state index contributed by atoms with van der Waals surface area (Å²) < 4.78 is 0. The fraction of sp³-hybridized carbons (Fsp3) is 0.474. The van der Waals surface area contributed by atoms with Crippen molar-refractivity contribution in [1.82, 2.24) is 10.2 Å². The molecule has 0 saturated heterocycles. The Kier molecular flexibility index (Phi) is 4.89. The van der Waals surface area contributed by atoms with E-state index in [9.17, 15) is 0 Å². The number of nitrogens with zero attached hydrogens (tertiary/aromatic N) is 1. The van der Waals surface area contributed by atoms with Crippen molar-refractivity contribution in [3.8, 4) is 0 Å². The van der Waals surface area contributed by atoms with Crippen LogP contribution in [0.1, 0.15) is 33.3 Å². The molecule has 1 aliphatic heterocycles. The molecule has 1 aliphatic rings. The van der Waals surface area contributed by atoms with Crippen molar-refractivity contribution in [2.45, 2.75) is 46.3 Å². The van der Waals surface area contributed by atoms with Gasteiger partial charge in [0.05, 0.1) is 6.17 Å². The van der Waals surface area contributed by atoms with Gasteiger partial charge in [-0.3, -0.25) is 5.32 Å². The maximum Gasteiger partial charge on any atom is 0.0986 e. The summed E-state index contributed by atoms with van der Waals surface area (Å²) in [5.74, 6) is 0. The van der Waals surface area contributed by atoms with Gasteiger partial charge in [-0.15, -0.1) is 0 Å². The molecule has 0 radical (unpaired) electrons. The highest BCUT2D eigenvalue weighted by molar-refractivity contribution is 5.29. The lowest BCUT2D eigenvalue weighted by atomic mass is 9.85. The summed E-state index contributed by atoms with van der Waals surface area (Å²) in [5.41, 5.74) is 2.97. The summed E-state index contributed by atoms with van der Waals surface area (Å²) in [6, 6.07) is 11.1. The minimum absolute atomic E-state index is 0.195. The maximum absolute atomic E-state index is 3.72. The molecule has 0 spiro atoms. The van der Waals surface area contributed by atoms with E-state index in [2.05, 4.69) is 93.6 Å². The van der Waals surface area contributed by atoms with Crippen LogP contribution in [0.5, 0.6) is 0 Å². The van der Waals surface area contributed by atoms with Gasteiger partial charge in [0.15, 0.2) is 0 Å². The minimum atomic E-state index is 0.195. The number of hydrogen-bond donors (Lipinski definition) is 1. The second-order valence-corrected chi connectivity index (χ2v) is 7.06. The minimum Gasteiger partial charge on any atom is -0.362 e. The summed E-state index contributed by atoms with van der Waals surface area (Å²) in [6.07, 6.45) is 8.06. The molecule has 114 valence electrons. The summed E-state index contributed by atoms with van der Waals surface area (Å²) in [5, 5.41) is 3.72. The molecule has 0 fully saturated rings. The molecule has 1 heterocycles. The molecule has 1 aromatic carbocycles. The lowest BCUT2D eigenvalue weighted by Gasteiger charge is -2.34. The quantitative estimate of drug-likeness (QED) is 0.900. The van der Waals surface area contributed by atoms with E-state index in [0.717, 1.165) is 6.42 Å². The molecule has 1 unspecified atom stereocenters. The van der Waals surface area contributed by atoms with Gasteiger partial charge in [-0.1, -0.05) is 51.1 Å². The van der Waals surface area contributed by atoms with Gasteiger partial charge < -0.3 is 4.90 Å². The monoisotopic (exact) mass is 284 g/mol. The first kappa shape index (κ1) is 15.8. The summed E-state index contributed by atoms with van der Waals surface area (Å²) in [6.45, 7) is 9.04. The second-order valence-electron chi connectivity index (χ2n) is 7.06. The van der Waals surface area contributed by atoms with Crippen LogP contribution in [0.3, 0.4) is 0 Å². The van der Waals surface area contributed by atoms with E-state index >= 15 is 0 Å². The molecule has 2 rings (SSSR count). The molecule has 2 heteroatoms. The van der Waals surface area contributed by atoms with E-state index in [0.29, 0.717) is 6.04 Å². The van der Waals surface area contributed by atoms with Crippen molar-refractivity contribution in [2.24, 2.45) is 5.41 Å². The van der Waals surface area contributed by atoms with Crippen LogP contribution < -0.4 is 5.32 Å². The van der Waals surface area contributed by atoms with E-state index in [1.165, 1.54) is 11.1 Å². The van der Waals surface area contributed by atoms with E-state index < -0.39 is 0 Å². The SMILES string of the molecule is C[C@H](Cc1ccccc1)NC1C=C(C(C)(C)C)C=CN1C. The fourth-order valence-electron chi connectivity index (χ4n) is 2.62. The third-order valence-electron chi connectivity index (χ3n) is 3.97. The van der Waals surface area contributed by atoms with Gasteiger partial charge in [0.2, 0.25) is 0 Å². The van der Waals surface area contributed by atoms with Crippen LogP contribution in [0.25, 0.3) is 0 Å². The Hall–Kier alpha value is -1.54. The van der Waals surface area contributed by atoms with Crippen molar-refractivity contribution in [3.63, 3.8) is 0 Å². The normalized spacial score (nSPS) is 20.3. The molecular formula is C19H28N2. The van der Waals surface area contributed by atoms with Crippen LogP contribution in [-0.4, -0.2) is 24.2 Å². The van der Waals surface area contributed by atoms with E-state index in [1.807, 2.05) is 0 Å². The fourth-order valence-corrected chi connectivity index (χ4v) is 2.62. The molecule has 0 aromatic heterocycles. The first-order valence-corrected chi connectivity index (χ1v) is 7.78. The first-order chi connectivity index (χ1) is 9.86. The molecule has 1 aromatic rings. The zero-order chi connectivity index (χ0) is 15.5. The lowest BCUT2D eigenvalue weighted by Crippen LogP contribution is -2.46. The highest BCUT2D eigenvalue weighted by atomic mass is 15.2. The van der Waals surface area contributed by atoms with Crippen LogP contribution in [0.15, 0.2) is 54.3 Å². The molecule has 2 atom stereocenters. The maximum atomic E-state index is 3.72. The number of nitrogens with one attached hydrogen (secondary N) is 1. The molecule has 0 bridgehead atoms. The zero-order valence-corrected chi connectivity index (χ0v) is 13.9. The molecule has 0 aliphatic carbocycles. The Balaban J connectivity index is 2.01. The topological polar surface area (TPSA) is 15.3 Å². The molecule has 21 heavy (non-hydrogen) atoms.